The van der Waals surface area contributed by atoms with Gasteiger partial charge in [-0.1, -0.05) is 38.1 Å². The lowest BCUT2D eigenvalue weighted by atomic mass is 10.2. The molecule has 0 unspecified atom stereocenters. The molecule has 0 fully saturated rings. The van der Waals surface area contributed by atoms with Crippen molar-refractivity contribution in [2.45, 2.75) is 26.7 Å². The number of amides is 3. The first-order chi connectivity index (χ1) is 16.2. The average Bonchev–Trinajstić information content (AvgIpc) is 2.83. The Kier molecular flexibility index (Phi) is 10.2. The van der Waals surface area contributed by atoms with Crippen LogP contribution < -0.4 is 16.2 Å². The summed E-state index contributed by atoms with van der Waals surface area (Å²) >= 11 is 0. The van der Waals surface area contributed by atoms with E-state index in [1.807, 2.05) is 13.8 Å². The molecule has 0 heterocycles. The lowest BCUT2D eigenvalue weighted by molar-refractivity contribution is -0.149. The number of hydrogen-bond acceptors (Lipinski definition) is 7. The standard InChI is InChI=1S/C24H27N3O7/c1-16(2)14-34-24(32)18-9-6-10-19(13-18)25-20(28)11-12-22(30)33-15-21(29)26-27-23(31)17-7-4-3-5-8-17/h3-10,13,16H,11-12,14-15H2,1-2H3,(H,25,28)(H,26,29)(H,27,31). The first kappa shape index (κ1) is 26.0. The highest BCUT2D eigenvalue weighted by Crippen LogP contribution is 2.13. The molecule has 0 aliphatic heterocycles. The van der Waals surface area contributed by atoms with Crippen LogP contribution in [-0.4, -0.2) is 42.9 Å². The van der Waals surface area contributed by atoms with Crippen LogP contribution in [0, 0.1) is 5.92 Å². The van der Waals surface area contributed by atoms with Gasteiger partial charge in [-0.3, -0.25) is 30.0 Å². The SMILES string of the molecule is CC(C)COC(=O)c1cccc(NC(=O)CCC(=O)OCC(=O)NNC(=O)c2ccccc2)c1. The number of anilines is 1. The van der Waals surface area contributed by atoms with Crippen LogP contribution in [-0.2, 0) is 23.9 Å². The molecular weight excluding hydrogens is 442 g/mol. The van der Waals surface area contributed by atoms with Gasteiger partial charge in [-0.05, 0) is 36.2 Å². The molecule has 10 heteroatoms. The van der Waals surface area contributed by atoms with Crippen LogP contribution in [0.2, 0.25) is 0 Å². The smallest absolute Gasteiger partial charge is 0.338 e. The molecule has 0 radical (unpaired) electrons. The van der Waals surface area contributed by atoms with Gasteiger partial charge in [0.25, 0.3) is 11.8 Å². The van der Waals surface area contributed by atoms with Crippen molar-refractivity contribution in [2.75, 3.05) is 18.5 Å². The van der Waals surface area contributed by atoms with Gasteiger partial charge in [0.2, 0.25) is 5.91 Å². The minimum atomic E-state index is -0.759. The zero-order chi connectivity index (χ0) is 24.9. The van der Waals surface area contributed by atoms with E-state index in [2.05, 4.69) is 16.2 Å². The Morgan fingerprint density at radius 2 is 1.50 bits per heavy atom. The van der Waals surface area contributed by atoms with E-state index in [4.69, 9.17) is 9.47 Å². The van der Waals surface area contributed by atoms with Crippen LogP contribution in [0.3, 0.4) is 0 Å². The van der Waals surface area contributed by atoms with Crippen molar-refractivity contribution in [3.05, 3.63) is 65.7 Å². The van der Waals surface area contributed by atoms with E-state index in [9.17, 15) is 24.0 Å². The Morgan fingerprint density at radius 1 is 0.794 bits per heavy atom. The summed E-state index contributed by atoms with van der Waals surface area (Å²) in [4.78, 5) is 59.5. The van der Waals surface area contributed by atoms with E-state index in [0.29, 0.717) is 16.8 Å². The average molecular weight is 469 g/mol. The van der Waals surface area contributed by atoms with Gasteiger partial charge in [0.15, 0.2) is 6.61 Å². The summed E-state index contributed by atoms with van der Waals surface area (Å²) in [7, 11) is 0. The second-order valence-corrected chi connectivity index (χ2v) is 7.65. The van der Waals surface area contributed by atoms with Crippen molar-refractivity contribution in [1.82, 2.24) is 10.9 Å². The molecule has 3 amide bonds. The highest BCUT2D eigenvalue weighted by Gasteiger charge is 2.13. The van der Waals surface area contributed by atoms with E-state index in [1.165, 1.54) is 6.07 Å². The van der Waals surface area contributed by atoms with Gasteiger partial charge < -0.3 is 14.8 Å². The van der Waals surface area contributed by atoms with Crippen molar-refractivity contribution in [3.8, 4) is 0 Å². The Bertz CT molecular complexity index is 1020. The van der Waals surface area contributed by atoms with Crippen LogP contribution in [0.5, 0.6) is 0 Å². The number of esters is 2. The van der Waals surface area contributed by atoms with Crippen LogP contribution in [0.25, 0.3) is 0 Å². The van der Waals surface area contributed by atoms with E-state index < -0.39 is 36.3 Å². The number of carbonyl (C=O) groups excluding carboxylic acids is 5. The maximum atomic E-state index is 12.1. The number of nitrogens with one attached hydrogen (secondary N) is 3. The van der Waals surface area contributed by atoms with Crippen LogP contribution in [0.4, 0.5) is 5.69 Å². The summed E-state index contributed by atoms with van der Waals surface area (Å²) in [6, 6.07) is 14.5. The van der Waals surface area contributed by atoms with Crippen molar-refractivity contribution in [3.63, 3.8) is 0 Å². The van der Waals surface area contributed by atoms with Crippen molar-refractivity contribution in [1.29, 1.82) is 0 Å². The van der Waals surface area contributed by atoms with E-state index in [0.717, 1.165) is 0 Å². The van der Waals surface area contributed by atoms with E-state index in [-0.39, 0.29) is 25.4 Å². The molecular formula is C24H27N3O7. The maximum absolute atomic E-state index is 12.1. The van der Waals surface area contributed by atoms with Gasteiger partial charge >= 0.3 is 11.9 Å². The monoisotopic (exact) mass is 469 g/mol. The molecule has 0 aliphatic rings. The molecule has 0 aromatic heterocycles. The van der Waals surface area contributed by atoms with Crippen LogP contribution in [0.1, 0.15) is 47.4 Å². The predicted octanol–water partition coefficient (Wildman–Crippen LogP) is 2.22. The Hall–Kier alpha value is -4.21. The molecule has 0 saturated heterocycles. The van der Waals surface area contributed by atoms with Crippen molar-refractivity contribution in [2.24, 2.45) is 5.92 Å². The third kappa shape index (κ3) is 9.51. The number of hydrogen-bond donors (Lipinski definition) is 3. The molecule has 10 nitrogen and oxygen atoms in total. The quantitative estimate of drug-likeness (QED) is 0.358. The Labute approximate surface area is 197 Å². The van der Waals surface area contributed by atoms with Gasteiger partial charge in [-0.25, -0.2) is 4.79 Å². The summed E-state index contributed by atoms with van der Waals surface area (Å²) < 4.78 is 9.95. The lowest BCUT2D eigenvalue weighted by Crippen LogP contribution is -2.43. The van der Waals surface area contributed by atoms with Crippen molar-refractivity contribution < 1.29 is 33.4 Å². The lowest BCUT2D eigenvalue weighted by Gasteiger charge is -2.10. The molecule has 0 spiro atoms. The number of rotatable bonds is 10. The fourth-order valence-corrected chi connectivity index (χ4v) is 2.53. The van der Waals surface area contributed by atoms with Gasteiger partial charge in [-0.2, -0.15) is 0 Å². The van der Waals surface area contributed by atoms with Crippen LogP contribution >= 0.6 is 0 Å². The molecule has 0 aliphatic carbocycles. The summed E-state index contributed by atoms with van der Waals surface area (Å²) in [6.45, 7) is 3.52. The minimum Gasteiger partial charge on any atom is -0.462 e. The van der Waals surface area contributed by atoms with Gasteiger partial charge in [-0.15, -0.1) is 0 Å². The normalized spacial score (nSPS) is 10.2. The fraction of sp³-hybridized carbons (Fsp3) is 0.292. The molecule has 34 heavy (non-hydrogen) atoms. The predicted molar refractivity (Wildman–Crippen MR) is 122 cm³/mol. The summed E-state index contributed by atoms with van der Waals surface area (Å²) in [5, 5.41) is 2.59. The number of benzene rings is 2. The first-order valence-corrected chi connectivity index (χ1v) is 10.6. The second-order valence-electron chi connectivity index (χ2n) is 7.65. The van der Waals surface area contributed by atoms with Gasteiger partial charge in [0, 0.05) is 17.7 Å². The Balaban J connectivity index is 1.68. The fourth-order valence-electron chi connectivity index (χ4n) is 2.53. The van der Waals surface area contributed by atoms with Gasteiger partial charge in [0.05, 0.1) is 18.6 Å². The molecule has 2 aromatic carbocycles. The molecule has 0 bridgehead atoms. The third-order valence-electron chi connectivity index (χ3n) is 4.20. The molecule has 2 rings (SSSR count). The molecule has 0 saturated carbocycles. The zero-order valence-electron chi connectivity index (χ0n) is 19.0. The maximum Gasteiger partial charge on any atom is 0.338 e. The largest absolute Gasteiger partial charge is 0.462 e. The van der Waals surface area contributed by atoms with Crippen molar-refractivity contribution >= 4 is 35.3 Å². The summed E-state index contributed by atoms with van der Waals surface area (Å²) in [5.74, 6) is -2.77. The van der Waals surface area contributed by atoms with E-state index in [1.54, 1.807) is 48.5 Å². The molecule has 0 atom stereocenters. The summed E-state index contributed by atoms with van der Waals surface area (Å²) in [5.41, 5.74) is 5.36. The molecule has 3 N–H and O–H groups in total. The zero-order valence-corrected chi connectivity index (χ0v) is 19.0. The summed E-state index contributed by atoms with van der Waals surface area (Å²) in [6.07, 6.45) is -0.446. The van der Waals surface area contributed by atoms with Crippen LogP contribution in [0.15, 0.2) is 54.6 Å². The van der Waals surface area contributed by atoms with Gasteiger partial charge in [0.1, 0.15) is 0 Å². The molecule has 2 aromatic rings. The Morgan fingerprint density at radius 3 is 2.21 bits per heavy atom. The number of hydrazine groups is 1. The highest BCUT2D eigenvalue weighted by atomic mass is 16.5. The second kappa shape index (κ2) is 13.4. The number of carbonyl (C=O) groups is 5. The topological polar surface area (TPSA) is 140 Å². The minimum absolute atomic E-state index is 0.187. The first-order valence-electron chi connectivity index (χ1n) is 10.6. The van der Waals surface area contributed by atoms with E-state index >= 15 is 0 Å². The number of ether oxygens (including phenoxy) is 2. The third-order valence-corrected chi connectivity index (χ3v) is 4.20. The highest BCUT2D eigenvalue weighted by molar-refractivity contribution is 5.96. The molecule has 180 valence electrons.